The van der Waals surface area contributed by atoms with Crippen molar-refractivity contribution in [3.05, 3.63) is 41.6 Å². The zero-order chi connectivity index (χ0) is 18.8. The number of hydrogen-bond acceptors (Lipinski definition) is 7. The molecule has 0 unspecified atom stereocenters. The third-order valence-corrected chi connectivity index (χ3v) is 5.79. The highest BCUT2D eigenvalue weighted by molar-refractivity contribution is 7.99. The molecule has 0 aliphatic rings. The summed E-state index contributed by atoms with van der Waals surface area (Å²) in [5.41, 5.74) is 1.72. The highest BCUT2D eigenvalue weighted by Gasteiger charge is 2.16. The zero-order valence-electron chi connectivity index (χ0n) is 14.8. The second kappa shape index (κ2) is 7.53. The number of thioether (sulfide) groups is 1. The lowest BCUT2D eigenvalue weighted by atomic mass is 10.3. The minimum Gasteiger partial charge on any atom is -0.461 e. The number of carbonyl (C=O) groups excluding carboxylic acids is 1. The van der Waals surface area contributed by atoms with Crippen LogP contribution in [0.2, 0.25) is 0 Å². The average Bonchev–Trinajstić information content (AvgIpc) is 3.37. The summed E-state index contributed by atoms with van der Waals surface area (Å²) in [6.07, 6.45) is 1.60. The van der Waals surface area contributed by atoms with Gasteiger partial charge < -0.3 is 9.73 Å². The molecule has 3 heterocycles. The van der Waals surface area contributed by atoms with Gasteiger partial charge in [-0.15, -0.1) is 21.5 Å². The predicted octanol–water partition coefficient (Wildman–Crippen LogP) is 4.21. The summed E-state index contributed by atoms with van der Waals surface area (Å²) in [6, 6.07) is 9.39. The lowest BCUT2D eigenvalue weighted by molar-refractivity contribution is -0.113. The van der Waals surface area contributed by atoms with E-state index in [1.807, 2.05) is 48.7 Å². The van der Waals surface area contributed by atoms with E-state index in [4.69, 9.17) is 4.42 Å². The van der Waals surface area contributed by atoms with E-state index in [0.29, 0.717) is 23.3 Å². The van der Waals surface area contributed by atoms with E-state index in [2.05, 4.69) is 20.5 Å². The van der Waals surface area contributed by atoms with Crippen LogP contribution in [0.1, 0.15) is 11.9 Å². The molecule has 0 spiro atoms. The van der Waals surface area contributed by atoms with Gasteiger partial charge in [-0.2, -0.15) is 0 Å². The van der Waals surface area contributed by atoms with Gasteiger partial charge in [0.25, 0.3) is 0 Å². The second-order valence-electron chi connectivity index (χ2n) is 5.78. The number of anilines is 1. The molecule has 0 radical (unpaired) electrons. The van der Waals surface area contributed by atoms with Crippen LogP contribution < -0.4 is 5.32 Å². The molecule has 1 N–H and O–H groups in total. The molecule has 1 aromatic carbocycles. The Hall–Kier alpha value is -2.65. The normalized spacial score (nSPS) is 11.2. The Kier molecular flexibility index (Phi) is 4.95. The van der Waals surface area contributed by atoms with Gasteiger partial charge in [-0.1, -0.05) is 11.8 Å². The quantitative estimate of drug-likeness (QED) is 0.489. The van der Waals surface area contributed by atoms with Gasteiger partial charge in [0.1, 0.15) is 0 Å². The Labute approximate surface area is 163 Å². The molecule has 0 fully saturated rings. The van der Waals surface area contributed by atoms with Crippen LogP contribution in [-0.2, 0) is 11.3 Å². The molecule has 3 aromatic heterocycles. The van der Waals surface area contributed by atoms with Crippen molar-refractivity contribution in [2.24, 2.45) is 0 Å². The van der Waals surface area contributed by atoms with E-state index in [9.17, 15) is 4.79 Å². The van der Waals surface area contributed by atoms with Crippen molar-refractivity contribution >= 4 is 44.9 Å². The Morgan fingerprint density at radius 1 is 1.33 bits per heavy atom. The summed E-state index contributed by atoms with van der Waals surface area (Å²) in [5, 5.41) is 13.0. The molecule has 1 amide bonds. The molecule has 0 saturated carbocycles. The SMILES string of the molecule is CCn1c(SCC(=O)Nc2ccc3nc(C)sc3c2)nnc1-c1ccco1. The highest BCUT2D eigenvalue weighted by Crippen LogP contribution is 2.26. The number of aryl methyl sites for hydroxylation is 1. The number of fused-ring (bicyclic) bond motifs is 1. The van der Waals surface area contributed by atoms with Crippen molar-refractivity contribution in [1.82, 2.24) is 19.7 Å². The van der Waals surface area contributed by atoms with Gasteiger partial charge in [-0.05, 0) is 44.2 Å². The van der Waals surface area contributed by atoms with E-state index in [1.54, 1.807) is 17.6 Å². The Morgan fingerprint density at radius 2 is 2.22 bits per heavy atom. The molecule has 4 rings (SSSR count). The van der Waals surface area contributed by atoms with E-state index in [0.717, 1.165) is 20.9 Å². The number of rotatable bonds is 6. The van der Waals surface area contributed by atoms with Crippen molar-refractivity contribution in [2.45, 2.75) is 25.5 Å². The number of nitrogens with one attached hydrogen (secondary N) is 1. The van der Waals surface area contributed by atoms with E-state index < -0.39 is 0 Å². The number of furan rings is 1. The number of hydrogen-bond donors (Lipinski definition) is 1. The fourth-order valence-electron chi connectivity index (χ4n) is 2.71. The summed E-state index contributed by atoms with van der Waals surface area (Å²) in [5.74, 6) is 1.48. The molecule has 7 nitrogen and oxygen atoms in total. The fourth-order valence-corrected chi connectivity index (χ4v) is 4.38. The van der Waals surface area contributed by atoms with Crippen molar-refractivity contribution in [1.29, 1.82) is 0 Å². The van der Waals surface area contributed by atoms with Crippen LogP contribution in [0.15, 0.2) is 46.2 Å². The Morgan fingerprint density at radius 3 is 3.00 bits per heavy atom. The van der Waals surface area contributed by atoms with Crippen LogP contribution in [0.25, 0.3) is 21.8 Å². The molecule has 9 heteroatoms. The van der Waals surface area contributed by atoms with Crippen molar-refractivity contribution < 1.29 is 9.21 Å². The van der Waals surface area contributed by atoms with Crippen LogP contribution in [0, 0.1) is 6.92 Å². The maximum absolute atomic E-state index is 12.3. The third kappa shape index (κ3) is 3.74. The van der Waals surface area contributed by atoms with Gasteiger partial charge >= 0.3 is 0 Å². The summed E-state index contributed by atoms with van der Waals surface area (Å²) in [6.45, 7) is 4.67. The lowest BCUT2D eigenvalue weighted by Crippen LogP contribution is -2.14. The first-order valence-corrected chi connectivity index (χ1v) is 10.2. The lowest BCUT2D eigenvalue weighted by Gasteiger charge is -2.07. The first-order chi connectivity index (χ1) is 13.1. The smallest absolute Gasteiger partial charge is 0.234 e. The summed E-state index contributed by atoms with van der Waals surface area (Å²) < 4.78 is 8.40. The average molecular weight is 400 g/mol. The molecule has 27 heavy (non-hydrogen) atoms. The first kappa shape index (κ1) is 17.7. The van der Waals surface area contributed by atoms with Crippen molar-refractivity contribution in [2.75, 3.05) is 11.1 Å². The van der Waals surface area contributed by atoms with E-state index >= 15 is 0 Å². The molecular weight excluding hydrogens is 382 g/mol. The molecular formula is C18H17N5O2S2. The number of carbonyl (C=O) groups is 1. The van der Waals surface area contributed by atoms with Gasteiger partial charge in [0, 0.05) is 12.2 Å². The maximum Gasteiger partial charge on any atom is 0.234 e. The second-order valence-corrected chi connectivity index (χ2v) is 7.96. The van der Waals surface area contributed by atoms with Crippen molar-refractivity contribution in [3.8, 4) is 11.6 Å². The molecule has 0 saturated heterocycles. The van der Waals surface area contributed by atoms with Gasteiger partial charge in [0.15, 0.2) is 16.7 Å². The van der Waals surface area contributed by atoms with Gasteiger partial charge in [0.05, 0.1) is 27.2 Å². The molecule has 0 atom stereocenters. The summed E-state index contributed by atoms with van der Waals surface area (Å²) in [4.78, 5) is 16.8. The molecule has 0 aliphatic carbocycles. The van der Waals surface area contributed by atoms with Crippen molar-refractivity contribution in [3.63, 3.8) is 0 Å². The fraction of sp³-hybridized carbons (Fsp3) is 0.222. The number of amides is 1. The number of nitrogens with zero attached hydrogens (tertiary/aromatic N) is 4. The highest BCUT2D eigenvalue weighted by atomic mass is 32.2. The number of thiazole rings is 1. The molecule has 4 aromatic rings. The topological polar surface area (TPSA) is 85.8 Å². The Bertz CT molecular complexity index is 1080. The Balaban J connectivity index is 1.43. The van der Waals surface area contributed by atoms with Gasteiger partial charge in [0.2, 0.25) is 5.91 Å². The number of benzene rings is 1. The molecule has 0 bridgehead atoms. The standard InChI is InChI=1S/C18H17N5O2S2/c1-3-23-17(14-5-4-8-25-14)21-22-18(23)26-10-16(24)20-12-6-7-13-15(9-12)27-11(2)19-13/h4-9H,3,10H2,1-2H3,(H,20,24). The van der Waals surface area contributed by atoms with Gasteiger partial charge in [-0.3, -0.25) is 9.36 Å². The minimum absolute atomic E-state index is 0.0919. The number of aromatic nitrogens is 4. The summed E-state index contributed by atoms with van der Waals surface area (Å²) >= 11 is 2.96. The zero-order valence-corrected chi connectivity index (χ0v) is 16.4. The van der Waals surface area contributed by atoms with Crippen LogP contribution in [-0.4, -0.2) is 31.4 Å². The van der Waals surface area contributed by atoms with E-state index in [-0.39, 0.29) is 11.7 Å². The van der Waals surface area contributed by atoms with Crippen LogP contribution in [0.3, 0.4) is 0 Å². The van der Waals surface area contributed by atoms with Crippen LogP contribution in [0.5, 0.6) is 0 Å². The monoisotopic (exact) mass is 399 g/mol. The third-order valence-electron chi connectivity index (χ3n) is 3.89. The van der Waals surface area contributed by atoms with Crippen LogP contribution in [0.4, 0.5) is 5.69 Å². The molecule has 138 valence electrons. The predicted molar refractivity (Wildman–Crippen MR) is 107 cm³/mol. The minimum atomic E-state index is -0.0919. The summed E-state index contributed by atoms with van der Waals surface area (Å²) in [7, 11) is 0. The molecule has 0 aliphatic heterocycles. The van der Waals surface area contributed by atoms with Gasteiger partial charge in [-0.25, -0.2) is 4.98 Å². The van der Waals surface area contributed by atoms with Crippen LogP contribution >= 0.6 is 23.1 Å². The largest absolute Gasteiger partial charge is 0.461 e. The first-order valence-electron chi connectivity index (χ1n) is 8.41. The van der Waals surface area contributed by atoms with E-state index in [1.165, 1.54) is 11.8 Å². The maximum atomic E-state index is 12.3.